The van der Waals surface area contributed by atoms with Crippen molar-refractivity contribution in [2.75, 3.05) is 26.2 Å². The highest BCUT2D eigenvalue weighted by molar-refractivity contribution is 5.93. The zero-order valence-electron chi connectivity index (χ0n) is 15.3. The average molecular weight is 349 g/mol. The highest BCUT2D eigenvalue weighted by Gasteiger charge is 2.48. The Morgan fingerprint density at radius 3 is 2.84 bits per heavy atom. The van der Waals surface area contributed by atoms with E-state index in [2.05, 4.69) is 5.16 Å². The third kappa shape index (κ3) is 3.42. The van der Waals surface area contributed by atoms with E-state index in [1.807, 2.05) is 25.7 Å². The molecule has 7 heteroatoms. The van der Waals surface area contributed by atoms with Gasteiger partial charge in [0.05, 0.1) is 13.2 Å². The topological polar surface area (TPSA) is 75.9 Å². The van der Waals surface area contributed by atoms with Gasteiger partial charge in [0.2, 0.25) is 0 Å². The fourth-order valence-electron chi connectivity index (χ4n) is 3.64. The maximum Gasteiger partial charge on any atom is 0.276 e. The molecular formula is C18H27N3O4. The van der Waals surface area contributed by atoms with E-state index in [0.717, 1.165) is 19.4 Å². The van der Waals surface area contributed by atoms with Crippen molar-refractivity contribution in [3.05, 3.63) is 17.5 Å². The molecule has 2 saturated heterocycles. The Hall–Kier alpha value is -1.89. The molecule has 1 aromatic rings. The van der Waals surface area contributed by atoms with E-state index in [0.29, 0.717) is 37.4 Å². The summed E-state index contributed by atoms with van der Waals surface area (Å²) in [6.07, 6.45) is 3.22. The van der Waals surface area contributed by atoms with Crippen LogP contribution in [0.5, 0.6) is 0 Å². The summed E-state index contributed by atoms with van der Waals surface area (Å²) in [5.41, 5.74) is -0.623. The van der Waals surface area contributed by atoms with E-state index in [9.17, 15) is 9.59 Å². The molecule has 1 atom stereocenters. The number of morpholine rings is 1. The number of hydrogen-bond donors (Lipinski definition) is 0. The fourth-order valence-corrected chi connectivity index (χ4v) is 3.64. The molecule has 2 aliphatic rings. The molecule has 1 spiro atoms. The van der Waals surface area contributed by atoms with Gasteiger partial charge in [0, 0.05) is 31.6 Å². The standard InChI is InChI=1S/C18H27N3O4/c1-4-14-11-15(19-25-14)16(22)20-9-10-24-18(12-20)7-5-6-8-21(13(2)3)17(18)23/h11,13H,4-10,12H2,1-3H3. The van der Waals surface area contributed by atoms with Gasteiger partial charge >= 0.3 is 0 Å². The quantitative estimate of drug-likeness (QED) is 0.833. The molecule has 0 aliphatic carbocycles. The van der Waals surface area contributed by atoms with Gasteiger partial charge in [-0.05, 0) is 33.1 Å². The third-order valence-electron chi connectivity index (χ3n) is 5.10. The molecule has 25 heavy (non-hydrogen) atoms. The van der Waals surface area contributed by atoms with Crippen molar-refractivity contribution in [1.82, 2.24) is 15.0 Å². The first-order valence-electron chi connectivity index (χ1n) is 9.17. The molecule has 3 heterocycles. The second-order valence-electron chi connectivity index (χ2n) is 7.15. The molecule has 2 amide bonds. The van der Waals surface area contributed by atoms with Gasteiger partial charge in [0.15, 0.2) is 11.3 Å². The van der Waals surface area contributed by atoms with Crippen molar-refractivity contribution < 1.29 is 18.8 Å². The van der Waals surface area contributed by atoms with Crippen LogP contribution in [0.1, 0.15) is 56.3 Å². The summed E-state index contributed by atoms with van der Waals surface area (Å²) in [4.78, 5) is 29.5. The maximum atomic E-state index is 13.1. The van der Waals surface area contributed by atoms with Crippen molar-refractivity contribution in [2.24, 2.45) is 0 Å². The Bertz CT molecular complexity index is 642. The van der Waals surface area contributed by atoms with Gasteiger partial charge < -0.3 is 19.1 Å². The summed E-state index contributed by atoms with van der Waals surface area (Å²) in [7, 11) is 0. The minimum atomic E-state index is -0.925. The Labute approximate surface area is 148 Å². The van der Waals surface area contributed by atoms with Gasteiger partial charge in [0.1, 0.15) is 5.76 Å². The van der Waals surface area contributed by atoms with Crippen LogP contribution < -0.4 is 0 Å². The molecule has 0 bridgehead atoms. The van der Waals surface area contributed by atoms with Crippen LogP contribution in [0.4, 0.5) is 0 Å². The molecule has 1 aromatic heterocycles. The molecule has 0 aromatic carbocycles. The number of nitrogens with zero attached hydrogens (tertiary/aromatic N) is 3. The number of aromatic nitrogens is 1. The lowest BCUT2D eigenvalue weighted by molar-refractivity contribution is -0.169. The van der Waals surface area contributed by atoms with Crippen LogP contribution in [-0.2, 0) is 16.0 Å². The largest absolute Gasteiger partial charge is 0.361 e. The second-order valence-corrected chi connectivity index (χ2v) is 7.15. The van der Waals surface area contributed by atoms with Crippen molar-refractivity contribution in [3.8, 4) is 0 Å². The monoisotopic (exact) mass is 349 g/mol. The van der Waals surface area contributed by atoms with Crippen LogP contribution in [0.25, 0.3) is 0 Å². The smallest absolute Gasteiger partial charge is 0.276 e. The highest BCUT2D eigenvalue weighted by atomic mass is 16.5. The number of carbonyl (C=O) groups is 2. The van der Waals surface area contributed by atoms with E-state index in [-0.39, 0.29) is 24.4 Å². The molecule has 3 rings (SSSR count). The Morgan fingerprint density at radius 2 is 2.16 bits per heavy atom. The highest BCUT2D eigenvalue weighted by Crippen LogP contribution is 2.31. The SMILES string of the molecule is CCc1cc(C(=O)N2CCOC3(CCCCN(C(C)C)C3=O)C2)no1. The zero-order chi connectivity index (χ0) is 18.0. The number of carbonyl (C=O) groups excluding carboxylic acids is 2. The normalized spacial score (nSPS) is 24.9. The van der Waals surface area contributed by atoms with E-state index in [4.69, 9.17) is 9.26 Å². The number of likely N-dealkylation sites (tertiary alicyclic amines) is 1. The number of amides is 2. The van der Waals surface area contributed by atoms with Gasteiger partial charge in [-0.15, -0.1) is 0 Å². The molecule has 0 N–H and O–H groups in total. The molecular weight excluding hydrogens is 322 g/mol. The zero-order valence-corrected chi connectivity index (χ0v) is 15.3. The minimum Gasteiger partial charge on any atom is -0.361 e. The lowest BCUT2D eigenvalue weighted by Gasteiger charge is -2.43. The fraction of sp³-hybridized carbons (Fsp3) is 0.722. The molecule has 7 nitrogen and oxygen atoms in total. The van der Waals surface area contributed by atoms with Gasteiger partial charge in [-0.2, -0.15) is 0 Å². The van der Waals surface area contributed by atoms with Crippen molar-refractivity contribution >= 4 is 11.8 Å². The van der Waals surface area contributed by atoms with Crippen molar-refractivity contribution in [2.45, 2.75) is 58.1 Å². The molecule has 2 aliphatic heterocycles. The van der Waals surface area contributed by atoms with E-state index < -0.39 is 5.60 Å². The van der Waals surface area contributed by atoms with E-state index in [1.54, 1.807) is 11.0 Å². The third-order valence-corrected chi connectivity index (χ3v) is 5.10. The van der Waals surface area contributed by atoms with Crippen LogP contribution in [0.2, 0.25) is 0 Å². The van der Waals surface area contributed by atoms with Crippen molar-refractivity contribution in [1.29, 1.82) is 0 Å². The van der Waals surface area contributed by atoms with Crippen LogP contribution in [0.15, 0.2) is 10.6 Å². The molecule has 138 valence electrons. The first-order chi connectivity index (χ1) is 12.0. The van der Waals surface area contributed by atoms with Gasteiger partial charge in [0.25, 0.3) is 11.8 Å². The lowest BCUT2D eigenvalue weighted by atomic mass is 9.93. The summed E-state index contributed by atoms with van der Waals surface area (Å²) in [6.45, 7) is 7.84. The van der Waals surface area contributed by atoms with Crippen LogP contribution in [0.3, 0.4) is 0 Å². The Balaban J connectivity index is 1.81. The Kier molecular flexibility index (Phi) is 5.13. The molecule has 0 radical (unpaired) electrons. The molecule has 2 fully saturated rings. The summed E-state index contributed by atoms with van der Waals surface area (Å²) in [5, 5.41) is 3.87. The first-order valence-corrected chi connectivity index (χ1v) is 9.17. The number of rotatable bonds is 3. The summed E-state index contributed by atoms with van der Waals surface area (Å²) < 4.78 is 11.1. The van der Waals surface area contributed by atoms with Gasteiger partial charge in [-0.1, -0.05) is 12.1 Å². The van der Waals surface area contributed by atoms with Gasteiger partial charge in [-0.25, -0.2) is 0 Å². The lowest BCUT2D eigenvalue weighted by Crippen LogP contribution is -2.61. The number of hydrogen-bond acceptors (Lipinski definition) is 5. The van der Waals surface area contributed by atoms with E-state index in [1.165, 1.54) is 0 Å². The number of aryl methyl sites for hydroxylation is 1. The van der Waals surface area contributed by atoms with Crippen molar-refractivity contribution in [3.63, 3.8) is 0 Å². The molecule has 1 unspecified atom stereocenters. The maximum absolute atomic E-state index is 13.1. The second kappa shape index (κ2) is 7.15. The average Bonchev–Trinajstić information content (AvgIpc) is 3.03. The number of ether oxygens (including phenoxy) is 1. The summed E-state index contributed by atoms with van der Waals surface area (Å²) in [5.74, 6) is 0.494. The first kappa shape index (κ1) is 17.9. The Morgan fingerprint density at radius 1 is 1.36 bits per heavy atom. The van der Waals surface area contributed by atoms with Gasteiger partial charge in [-0.3, -0.25) is 9.59 Å². The van der Waals surface area contributed by atoms with Crippen LogP contribution in [-0.4, -0.2) is 64.7 Å². The molecule has 0 saturated carbocycles. The van der Waals surface area contributed by atoms with E-state index >= 15 is 0 Å². The van der Waals surface area contributed by atoms with Crippen LogP contribution in [0, 0.1) is 0 Å². The summed E-state index contributed by atoms with van der Waals surface area (Å²) >= 11 is 0. The summed E-state index contributed by atoms with van der Waals surface area (Å²) in [6, 6.07) is 1.81. The predicted octanol–water partition coefficient (Wildman–Crippen LogP) is 1.87. The predicted molar refractivity (Wildman–Crippen MR) is 91.2 cm³/mol. The van der Waals surface area contributed by atoms with Crippen LogP contribution >= 0.6 is 0 Å². The minimum absolute atomic E-state index is 0.00639.